The number of halogens is 1. The molecule has 0 saturated carbocycles. The highest BCUT2D eigenvalue weighted by molar-refractivity contribution is 6.35. The number of piperazine rings is 1. The van der Waals surface area contributed by atoms with E-state index in [1.807, 2.05) is 18.2 Å². The second-order valence-electron chi connectivity index (χ2n) is 7.11. The first-order valence-corrected chi connectivity index (χ1v) is 10.3. The first-order chi connectivity index (χ1) is 14.6. The Labute approximate surface area is 179 Å². The van der Waals surface area contributed by atoms with Gasteiger partial charge in [0.05, 0.1) is 17.7 Å². The number of pyridine rings is 2. The Hall–Kier alpha value is -2.90. The Morgan fingerprint density at radius 2 is 2.00 bits per heavy atom. The number of ether oxygens (including phenoxy) is 1. The fourth-order valence-electron chi connectivity index (χ4n) is 3.92. The molecule has 1 N–H and O–H groups in total. The van der Waals surface area contributed by atoms with Crippen LogP contribution in [-0.2, 0) is 4.74 Å². The van der Waals surface area contributed by atoms with Gasteiger partial charge in [0, 0.05) is 55.7 Å². The molecule has 0 spiro atoms. The Morgan fingerprint density at radius 3 is 2.70 bits per heavy atom. The van der Waals surface area contributed by atoms with Gasteiger partial charge in [-0.1, -0.05) is 17.7 Å². The standard InChI is InChI=1S/C22H23ClN4O3/c1-2-30-22(29)27-11-9-26(10-12-27)20(15-5-3-7-24-14-15)17-13-18(23)16-6-4-8-25-19(16)21(17)28/h3-8,13-14,20,28H,2,9-12H2,1H3. The van der Waals surface area contributed by atoms with Gasteiger partial charge in [0.25, 0.3) is 0 Å². The highest BCUT2D eigenvalue weighted by Crippen LogP contribution is 2.41. The summed E-state index contributed by atoms with van der Waals surface area (Å²) in [4.78, 5) is 24.6. The van der Waals surface area contributed by atoms with E-state index in [0.29, 0.717) is 54.3 Å². The molecule has 1 saturated heterocycles. The van der Waals surface area contributed by atoms with Crippen LogP contribution >= 0.6 is 11.6 Å². The molecule has 4 rings (SSSR count). The summed E-state index contributed by atoms with van der Waals surface area (Å²) in [5.41, 5.74) is 2.08. The van der Waals surface area contributed by atoms with Crippen LogP contribution in [0.3, 0.4) is 0 Å². The van der Waals surface area contributed by atoms with Crippen LogP contribution in [0.25, 0.3) is 10.9 Å². The summed E-state index contributed by atoms with van der Waals surface area (Å²) in [6, 6.07) is 9.01. The van der Waals surface area contributed by atoms with E-state index in [1.165, 1.54) is 0 Å². The van der Waals surface area contributed by atoms with Gasteiger partial charge in [0.2, 0.25) is 0 Å². The molecule has 0 aliphatic carbocycles. The monoisotopic (exact) mass is 426 g/mol. The Kier molecular flexibility index (Phi) is 6.01. The highest BCUT2D eigenvalue weighted by Gasteiger charge is 2.31. The van der Waals surface area contributed by atoms with Gasteiger partial charge in [0.1, 0.15) is 11.3 Å². The number of hydrogen-bond acceptors (Lipinski definition) is 6. The first kappa shape index (κ1) is 20.4. The molecule has 1 aromatic carbocycles. The van der Waals surface area contributed by atoms with Gasteiger partial charge in [-0.15, -0.1) is 0 Å². The number of phenols is 1. The third-order valence-electron chi connectivity index (χ3n) is 5.35. The van der Waals surface area contributed by atoms with Crippen molar-refractivity contribution in [1.82, 2.24) is 19.8 Å². The van der Waals surface area contributed by atoms with Gasteiger partial charge in [0.15, 0.2) is 0 Å². The lowest BCUT2D eigenvalue weighted by molar-refractivity contribution is 0.0711. The third kappa shape index (κ3) is 3.91. The van der Waals surface area contributed by atoms with Gasteiger partial charge in [-0.3, -0.25) is 14.9 Å². The third-order valence-corrected chi connectivity index (χ3v) is 5.66. The molecule has 3 heterocycles. The molecule has 156 valence electrons. The zero-order valence-corrected chi connectivity index (χ0v) is 17.4. The molecule has 0 bridgehead atoms. The molecule has 3 aromatic rings. The normalized spacial score (nSPS) is 15.9. The Bertz CT molecular complexity index is 1040. The largest absolute Gasteiger partial charge is 0.505 e. The van der Waals surface area contributed by atoms with Crippen LogP contribution in [0.2, 0.25) is 5.02 Å². The molecule has 1 aliphatic heterocycles. The van der Waals surface area contributed by atoms with Crippen LogP contribution in [0, 0.1) is 0 Å². The summed E-state index contributed by atoms with van der Waals surface area (Å²) in [7, 11) is 0. The van der Waals surface area contributed by atoms with Gasteiger partial charge in [-0.05, 0) is 36.8 Å². The molecular formula is C22H23ClN4O3. The number of carbonyl (C=O) groups excluding carboxylic acids is 1. The van der Waals surface area contributed by atoms with Crippen molar-refractivity contribution >= 4 is 28.6 Å². The summed E-state index contributed by atoms with van der Waals surface area (Å²) in [6.07, 6.45) is 4.85. The van der Waals surface area contributed by atoms with E-state index in [-0.39, 0.29) is 17.9 Å². The van der Waals surface area contributed by atoms with Gasteiger partial charge in [-0.2, -0.15) is 0 Å². The number of benzene rings is 1. The SMILES string of the molecule is CCOC(=O)N1CCN(C(c2cccnc2)c2cc(Cl)c3cccnc3c2O)CC1. The average Bonchev–Trinajstić information content (AvgIpc) is 2.79. The van der Waals surface area contributed by atoms with Gasteiger partial charge in [-0.25, -0.2) is 4.79 Å². The lowest BCUT2D eigenvalue weighted by Gasteiger charge is -2.39. The zero-order valence-electron chi connectivity index (χ0n) is 16.7. The van der Waals surface area contributed by atoms with Crippen LogP contribution in [0.4, 0.5) is 4.79 Å². The van der Waals surface area contributed by atoms with Crippen molar-refractivity contribution in [2.45, 2.75) is 13.0 Å². The van der Waals surface area contributed by atoms with Gasteiger partial charge >= 0.3 is 6.09 Å². The van der Waals surface area contributed by atoms with Crippen molar-refractivity contribution in [3.05, 3.63) is 65.1 Å². The lowest BCUT2D eigenvalue weighted by Crippen LogP contribution is -2.50. The number of hydrogen-bond donors (Lipinski definition) is 1. The number of carbonyl (C=O) groups is 1. The fraction of sp³-hybridized carbons (Fsp3) is 0.318. The van der Waals surface area contributed by atoms with E-state index < -0.39 is 0 Å². The van der Waals surface area contributed by atoms with E-state index >= 15 is 0 Å². The second-order valence-corrected chi connectivity index (χ2v) is 7.51. The molecule has 7 nitrogen and oxygen atoms in total. The maximum Gasteiger partial charge on any atom is 0.409 e. The molecule has 1 fully saturated rings. The molecule has 1 unspecified atom stereocenters. The van der Waals surface area contributed by atoms with Crippen molar-refractivity contribution in [2.75, 3.05) is 32.8 Å². The first-order valence-electron chi connectivity index (χ1n) is 9.92. The topological polar surface area (TPSA) is 78.8 Å². The summed E-state index contributed by atoms with van der Waals surface area (Å²) < 4.78 is 5.12. The number of amides is 1. The van der Waals surface area contributed by atoms with E-state index in [1.54, 1.807) is 42.5 Å². The minimum absolute atomic E-state index is 0.108. The van der Waals surface area contributed by atoms with Crippen LogP contribution in [0.5, 0.6) is 5.75 Å². The average molecular weight is 427 g/mol. The van der Waals surface area contributed by atoms with Crippen LogP contribution in [0.1, 0.15) is 24.1 Å². The maximum absolute atomic E-state index is 12.1. The summed E-state index contributed by atoms with van der Waals surface area (Å²) in [5.74, 6) is 0.108. The number of fused-ring (bicyclic) bond motifs is 1. The van der Waals surface area contributed by atoms with Crippen molar-refractivity contribution < 1.29 is 14.6 Å². The smallest absolute Gasteiger partial charge is 0.409 e. The quantitative estimate of drug-likeness (QED) is 0.682. The molecular weight excluding hydrogens is 404 g/mol. The number of aromatic nitrogens is 2. The molecule has 1 aliphatic rings. The molecule has 0 radical (unpaired) electrons. The Morgan fingerprint density at radius 1 is 1.23 bits per heavy atom. The van der Waals surface area contributed by atoms with Crippen molar-refractivity contribution in [3.63, 3.8) is 0 Å². The summed E-state index contributed by atoms with van der Waals surface area (Å²) >= 11 is 6.55. The van der Waals surface area contributed by atoms with E-state index in [4.69, 9.17) is 16.3 Å². The van der Waals surface area contributed by atoms with Crippen molar-refractivity contribution in [2.24, 2.45) is 0 Å². The van der Waals surface area contributed by atoms with E-state index in [2.05, 4.69) is 14.9 Å². The molecule has 30 heavy (non-hydrogen) atoms. The van der Waals surface area contributed by atoms with Crippen molar-refractivity contribution in [1.29, 1.82) is 0 Å². The van der Waals surface area contributed by atoms with Crippen LogP contribution in [-0.4, -0.2) is 63.8 Å². The predicted octanol–water partition coefficient (Wildman–Crippen LogP) is 3.85. The zero-order chi connectivity index (χ0) is 21.1. The highest BCUT2D eigenvalue weighted by atomic mass is 35.5. The number of nitrogens with zero attached hydrogens (tertiary/aromatic N) is 4. The molecule has 2 aromatic heterocycles. The van der Waals surface area contributed by atoms with Crippen molar-refractivity contribution in [3.8, 4) is 5.75 Å². The summed E-state index contributed by atoms with van der Waals surface area (Å²) in [6.45, 7) is 4.47. The fourth-order valence-corrected chi connectivity index (χ4v) is 4.19. The van der Waals surface area contributed by atoms with E-state index in [0.717, 1.165) is 5.56 Å². The number of phenolic OH excluding ortho intramolecular Hbond substituents is 1. The Balaban J connectivity index is 1.72. The van der Waals surface area contributed by atoms with Gasteiger partial charge < -0.3 is 14.7 Å². The molecule has 1 atom stereocenters. The maximum atomic E-state index is 12.1. The summed E-state index contributed by atoms with van der Waals surface area (Å²) in [5, 5.41) is 12.3. The van der Waals surface area contributed by atoms with E-state index in [9.17, 15) is 9.90 Å². The predicted molar refractivity (Wildman–Crippen MR) is 115 cm³/mol. The number of rotatable bonds is 4. The lowest BCUT2D eigenvalue weighted by atomic mass is 9.95. The minimum Gasteiger partial charge on any atom is -0.505 e. The second kappa shape index (κ2) is 8.85. The van der Waals surface area contributed by atoms with Crippen LogP contribution < -0.4 is 0 Å². The number of aromatic hydroxyl groups is 1. The molecule has 1 amide bonds. The van der Waals surface area contributed by atoms with Crippen LogP contribution in [0.15, 0.2) is 48.9 Å². The minimum atomic E-state index is -0.295. The molecule has 8 heteroatoms.